The standard InChI is InChI=1S/C64H42N2O/c1-3-15-53(16-4-1)65(56-34-29-43-13-7-8-14-47(43)40-56)55-32-27-45(28-33-55)44-23-25-46(26-24-44)50-37-51(39-52(38-50)49-30-35-59-58-20-10-12-22-63(58)67-64(59)42-49)48-31-36-62-60(41-48)57-19-9-11-21-61(57)66(62)54-17-5-2-6-18-54/h1-42H. The molecule has 314 valence electrons. The average Bonchev–Trinajstić information content (AvgIpc) is 3.94. The van der Waals surface area contributed by atoms with Crippen molar-refractivity contribution in [1.82, 2.24) is 4.57 Å². The van der Waals surface area contributed by atoms with E-state index in [1.54, 1.807) is 0 Å². The lowest BCUT2D eigenvalue weighted by molar-refractivity contribution is 0.669. The van der Waals surface area contributed by atoms with Gasteiger partial charge in [-0.15, -0.1) is 0 Å². The van der Waals surface area contributed by atoms with Crippen molar-refractivity contribution >= 4 is 71.6 Å². The molecule has 3 heteroatoms. The number of rotatable bonds is 8. The summed E-state index contributed by atoms with van der Waals surface area (Å²) in [5.74, 6) is 0. The summed E-state index contributed by atoms with van der Waals surface area (Å²) in [5, 5.41) is 7.17. The Kier molecular flexibility index (Phi) is 9.17. The van der Waals surface area contributed by atoms with E-state index >= 15 is 0 Å². The summed E-state index contributed by atoms with van der Waals surface area (Å²) >= 11 is 0. The number of para-hydroxylation sites is 4. The molecule has 11 aromatic carbocycles. The smallest absolute Gasteiger partial charge is 0.136 e. The Labute approximate surface area is 388 Å². The van der Waals surface area contributed by atoms with E-state index in [0.29, 0.717) is 0 Å². The molecule has 2 aromatic heterocycles. The van der Waals surface area contributed by atoms with Crippen molar-refractivity contribution in [3.05, 3.63) is 255 Å². The number of aromatic nitrogens is 1. The molecule has 0 radical (unpaired) electrons. The highest BCUT2D eigenvalue weighted by molar-refractivity contribution is 6.11. The number of hydrogen-bond donors (Lipinski definition) is 0. The van der Waals surface area contributed by atoms with E-state index in [9.17, 15) is 0 Å². The molecule has 0 amide bonds. The first-order valence-electron chi connectivity index (χ1n) is 22.9. The van der Waals surface area contributed by atoms with Gasteiger partial charge in [-0.3, -0.25) is 0 Å². The number of benzene rings is 11. The van der Waals surface area contributed by atoms with Crippen LogP contribution >= 0.6 is 0 Å². The summed E-state index contributed by atoms with van der Waals surface area (Å²) in [7, 11) is 0. The van der Waals surface area contributed by atoms with Crippen LogP contribution in [0, 0.1) is 0 Å². The molecular formula is C64H42N2O. The van der Waals surface area contributed by atoms with Crippen molar-refractivity contribution in [2.45, 2.75) is 0 Å². The molecule has 0 aliphatic rings. The Morgan fingerprint density at radius 1 is 0.269 bits per heavy atom. The highest BCUT2D eigenvalue weighted by Crippen LogP contribution is 2.41. The van der Waals surface area contributed by atoms with Crippen LogP contribution in [0.4, 0.5) is 17.1 Å². The number of nitrogens with zero attached hydrogens (tertiary/aromatic N) is 2. The first kappa shape index (κ1) is 38.5. The Balaban J connectivity index is 0.891. The molecule has 3 nitrogen and oxygen atoms in total. The topological polar surface area (TPSA) is 21.3 Å². The lowest BCUT2D eigenvalue weighted by Crippen LogP contribution is -2.09. The minimum absolute atomic E-state index is 0.889. The monoisotopic (exact) mass is 854 g/mol. The maximum atomic E-state index is 6.40. The molecule has 0 bridgehead atoms. The van der Waals surface area contributed by atoms with Gasteiger partial charge < -0.3 is 13.9 Å². The number of fused-ring (bicyclic) bond motifs is 7. The van der Waals surface area contributed by atoms with Crippen LogP contribution < -0.4 is 4.90 Å². The van der Waals surface area contributed by atoms with Gasteiger partial charge in [0.2, 0.25) is 0 Å². The lowest BCUT2D eigenvalue weighted by atomic mass is 9.92. The third-order valence-corrected chi connectivity index (χ3v) is 13.3. The van der Waals surface area contributed by atoms with Crippen molar-refractivity contribution in [2.24, 2.45) is 0 Å². The Morgan fingerprint density at radius 2 is 0.776 bits per heavy atom. The predicted octanol–water partition coefficient (Wildman–Crippen LogP) is 18.0. The summed E-state index contributed by atoms with van der Waals surface area (Å²) in [5.41, 5.74) is 17.9. The predicted molar refractivity (Wildman–Crippen MR) is 282 cm³/mol. The van der Waals surface area contributed by atoms with Crippen LogP contribution in [-0.2, 0) is 0 Å². The molecule has 0 saturated carbocycles. The maximum absolute atomic E-state index is 6.40. The quantitative estimate of drug-likeness (QED) is 0.152. The molecule has 0 aliphatic heterocycles. The molecule has 0 spiro atoms. The summed E-state index contributed by atoms with van der Waals surface area (Å²) in [6, 6.07) is 92.0. The second kappa shape index (κ2) is 16.0. The van der Waals surface area contributed by atoms with Gasteiger partial charge in [-0.1, -0.05) is 152 Å². The van der Waals surface area contributed by atoms with Crippen molar-refractivity contribution in [2.75, 3.05) is 4.90 Å². The van der Waals surface area contributed by atoms with Gasteiger partial charge in [-0.05, 0) is 158 Å². The molecule has 13 aromatic rings. The minimum Gasteiger partial charge on any atom is -0.456 e. The zero-order valence-electron chi connectivity index (χ0n) is 36.6. The fraction of sp³-hybridized carbons (Fsp3) is 0. The number of anilines is 3. The van der Waals surface area contributed by atoms with Crippen LogP contribution in [0.25, 0.3) is 105 Å². The van der Waals surface area contributed by atoms with Gasteiger partial charge in [0, 0.05) is 44.3 Å². The van der Waals surface area contributed by atoms with E-state index in [1.165, 1.54) is 49.3 Å². The van der Waals surface area contributed by atoms with Gasteiger partial charge in [0.05, 0.1) is 11.0 Å². The van der Waals surface area contributed by atoms with Crippen LogP contribution in [0.2, 0.25) is 0 Å². The highest BCUT2D eigenvalue weighted by Gasteiger charge is 2.17. The van der Waals surface area contributed by atoms with E-state index < -0.39 is 0 Å². The molecule has 67 heavy (non-hydrogen) atoms. The van der Waals surface area contributed by atoms with Gasteiger partial charge in [0.15, 0.2) is 0 Å². The third kappa shape index (κ3) is 6.84. The molecule has 0 atom stereocenters. The van der Waals surface area contributed by atoms with E-state index in [4.69, 9.17) is 4.42 Å². The average molecular weight is 855 g/mol. The van der Waals surface area contributed by atoms with Gasteiger partial charge in [0.1, 0.15) is 11.2 Å². The SMILES string of the molecule is c1ccc(N(c2ccc(-c3ccc(-c4cc(-c5ccc6c(c5)oc5ccccc56)cc(-c5ccc6c(c5)c5ccccc5n6-c5ccccc5)c4)cc3)cc2)c2ccc3ccccc3c2)cc1. The van der Waals surface area contributed by atoms with Crippen LogP contribution in [0.5, 0.6) is 0 Å². The second-order valence-electron chi connectivity index (χ2n) is 17.4. The largest absolute Gasteiger partial charge is 0.456 e. The number of furan rings is 1. The summed E-state index contributed by atoms with van der Waals surface area (Å²) in [6.07, 6.45) is 0. The Morgan fingerprint density at radius 3 is 1.54 bits per heavy atom. The lowest BCUT2D eigenvalue weighted by Gasteiger charge is -2.26. The molecule has 13 rings (SSSR count). The summed E-state index contributed by atoms with van der Waals surface area (Å²) < 4.78 is 8.78. The van der Waals surface area contributed by atoms with E-state index in [1.807, 2.05) is 12.1 Å². The molecular weight excluding hydrogens is 813 g/mol. The molecule has 0 fully saturated rings. The van der Waals surface area contributed by atoms with Crippen LogP contribution in [-0.4, -0.2) is 4.57 Å². The van der Waals surface area contributed by atoms with Crippen molar-refractivity contribution in [1.29, 1.82) is 0 Å². The highest BCUT2D eigenvalue weighted by atomic mass is 16.3. The summed E-state index contributed by atoms with van der Waals surface area (Å²) in [6.45, 7) is 0. The fourth-order valence-corrected chi connectivity index (χ4v) is 10.0. The molecule has 0 saturated heterocycles. The summed E-state index contributed by atoms with van der Waals surface area (Å²) in [4.78, 5) is 2.33. The second-order valence-corrected chi connectivity index (χ2v) is 17.4. The zero-order valence-corrected chi connectivity index (χ0v) is 36.6. The van der Waals surface area contributed by atoms with Gasteiger partial charge in [-0.25, -0.2) is 0 Å². The van der Waals surface area contributed by atoms with Crippen molar-refractivity contribution in [3.8, 4) is 50.2 Å². The van der Waals surface area contributed by atoms with Crippen molar-refractivity contribution in [3.63, 3.8) is 0 Å². The first-order chi connectivity index (χ1) is 33.2. The Hall–Kier alpha value is -8.92. The van der Waals surface area contributed by atoms with Crippen molar-refractivity contribution < 1.29 is 4.42 Å². The Bertz CT molecular complexity index is 3960. The van der Waals surface area contributed by atoms with Gasteiger partial charge >= 0.3 is 0 Å². The van der Waals surface area contributed by atoms with Crippen LogP contribution in [0.15, 0.2) is 259 Å². The fourth-order valence-electron chi connectivity index (χ4n) is 10.0. The molecule has 0 aliphatic carbocycles. The van der Waals surface area contributed by atoms with Gasteiger partial charge in [-0.2, -0.15) is 0 Å². The van der Waals surface area contributed by atoms with E-state index in [2.05, 4.69) is 252 Å². The normalized spacial score (nSPS) is 11.6. The first-order valence-corrected chi connectivity index (χ1v) is 22.9. The van der Waals surface area contributed by atoms with Crippen LogP contribution in [0.3, 0.4) is 0 Å². The number of hydrogen-bond acceptors (Lipinski definition) is 2. The molecule has 0 unspecified atom stereocenters. The van der Waals surface area contributed by atoms with E-state index in [-0.39, 0.29) is 0 Å². The minimum atomic E-state index is 0.889. The molecule has 2 heterocycles. The van der Waals surface area contributed by atoms with Crippen LogP contribution in [0.1, 0.15) is 0 Å². The third-order valence-electron chi connectivity index (χ3n) is 13.3. The maximum Gasteiger partial charge on any atom is 0.136 e. The van der Waals surface area contributed by atoms with Gasteiger partial charge in [0.25, 0.3) is 0 Å². The van der Waals surface area contributed by atoms with E-state index in [0.717, 1.165) is 72.5 Å². The molecule has 0 N–H and O–H groups in total. The zero-order chi connectivity index (χ0) is 44.3.